The molecule has 128 valence electrons. The fourth-order valence-corrected chi connectivity index (χ4v) is 2.43. The van der Waals surface area contributed by atoms with Crippen molar-refractivity contribution in [2.45, 2.75) is 20.0 Å². The molecule has 0 saturated carbocycles. The zero-order valence-corrected chi connectivity index (χ0v) is 13.6. The SMILES string of the molecule is CCn1cc([N+](=O)[O-])c(C(=O)NCc2ccc(-n3cccc3)cc2)n1. The number of aromatic nitrogens is 3. The van der Waals surface area contributed by atoms with E-state index in [0.29, 0.717) is 6.54 Å². The Morgan fingerprint density at radius 1 is 1.24 bits per heavy atom. The fraction of sp³-hybridized carbons (Fsp3) is 0.176. The quantitative estimate of drug-likeness (QED) is 0.551. The van der Waals surface area contributed by atoms with Crippen LogP contribution in [0, 0.1) is 10.1 Å². The van der Waals surface area contributed by atoms with E-state index in [2.05, 4.69) is 10.4 Å². The molecule has 0 aliphatic heterocycles. The molecule has 0 unspecified atom stereocenters. The largest absolute Gasteiger partial charge is 0.346 e. The van der Waals surface area contributed by atoms with Crippen LogP contribution in [-0.4, -0.2) is 25.2 Å². The van der Waals surface area contributed by atoms with E-state index < -0.39 is 10.8 Å². The van der Waals surface area contributed by atoms with Crippen molar-refractivity contribution in [2.75, 3.05) is 0 Å². The first-order chi connectivity index (χ1) is 12.1. The van der Waals surface area contributed by atoms with Crippen molar-refractivity contribution in [3.8, 4) is 5.69 Å². The predicted molar refractivity (Wildman–Crippen MR) is 91.5 cm³/mol. The Morgan fingerprint density at radius 2 is 1.92 bits per heavy atom. The molecule has 0 aliphatic rings. The molecule has 0 radical (unpaired) electrons. The first-order valence-corrected chi connectivity index (χ1v) is 7.81. The van der Waals surface area contributed by atoms with Gasteiger partial charge < -0.3 is 9.88 Å². The lowest BCUT2D eigenvalue weighted by Gasteiger charge is -2.06. The lowest BCUT2D eigenvalue weighted by molar-refractivity contribution is -0.385. The predicted octanol–water partition coefficient (Wildman–Crippen LogP) is 2.53. The third-order valence-electron chi connectivity index (χ3n) is 3.77. The fourth-order valence-electron chi connectivity index (χ4n) is 2.43. The molecule has 0 saturated heterocycles. The summed E-state index contributed by atoms with van der Waals surface area (Å²) in [6, 6.07) is 11.6. The maximum absolute atomic E-state index is 12.2. The third-order valence-corrected chi connectivity index (χ3v) is 3.77. The summed E-state index contributed by atoms with van der Waals surface area (Å²) in [6.45, 7) is 2.51. The lowest BCUT2D eigenvalue weighted by Crippen LogP contribution is -2.24. The van der Waals surface area contributed by atoms with Crippen molar-refractivity contribution < 1.29 is 9.72 Å². The molecule has 8 heteroatoms. The molecule has 3 rings (SSSR count). The minimum absolute atomic E-state index is 0.171. The van der Waals surface area contributed by atoms with Crippen LogP contribution >= 0.6 is 0 Å². The van der Waals surface area contributed by atoms with Gasteiger partial charge >= 0.3 is 5.69 Å². The Balaban J connectivity index is 1.68. The summed E-state index contributed by atoms with van der Waals surface area (Å²) in [5.41, 5.74) is 1.44. The monoisotopic (exact) mass is 339 g/mol. The number of hydrogen-bond donors (Lipinski definition) is 1. The lowest BCUT2D eigenvalue weighted by atomic mass is 10.2. The molecule has 25 heavy (non-hydrogen) atoms. The molecule has 1 amide bonds. The molecule has 2 heterocycles. The van der Waals surface area contributed by atoms with Crippen LogP contribution in [0.1, 0.15) is 23.0 Å². The number of nitro groups is 1. The highest BCUT2D eigenvalue weighted by molar-refractivity contribution is 5.95. The average molecular weight is 339 g/mol. The third kappa shape index (κ3) is 3.57. The molecule has 1 N–H and O–H groups in total. The smallest absolute Gasteiger partial charge is 0.320 e. The molecule has 0 atom stereocenters. The van der Waals surface area contributed by atoms with E-state index in [-0.39, 0.29) is 17.9 Å². The van der Waals surface area contributed by atoms with E-state index in [1.807, 2.05) is 53.4 Å². The van der Waals surface area contributed by atoms with Gasteiger partial charge in [-0.2, -0.15) is 5.10 Å². The molecule has 0 bridgehead atoms. The Morgan fingerprint density at radius 3 is 2.52 bits per heavy atom. The zero-order valence-electron chi connectivity index (χ0n) is 13.6. The normalized spacial score (nSPS) is 10.6. The second-order valence-electron chi connectivity index (χ2n) is 5.42. The van der Waals surface area contributed by atoms with Gasteiger partial charge in [0.1, 0.15) is 6.20 Å². The molecular weight excluding hydrogens is 322 g/mol. The number of benzene rings is 1. The summed E-state index contributed by atoms with van der Waals surface area (Å²) in [5.74, 6) is -0.562. The Bertz CT molecular complexity index is 882. The summed E-state index contributed by atoms with van der Waals surface area (Å²) in [5, 5.41) is 17.7. The van der Waals surface area contributed by atoms with Gasteiger partial charge in [0.25, 0.3) is 5.91 Å². The second kappa shape index (κ2) is 7.00. The van der Waals surface area contributed by atoms with Gasteiger partial charge in [-0.05, 0) is 36.8 Å². The van der Waals surface area contributed by atoms with Crippen molar-refractivity contribution in [1.29, 1.82) is 0 Å². The van der Waals surface area contributed by atoms with E-state index in [9.17, 15) is 14.9 Å². The number of nitrogens with zero attached hydrogens (tertiary/aromatic N) is 4. The molecule has 2 aromatic heterocycles. The van der Waals surface area contributed by atoms with Crippen LogP contribution in [0.4, 0.5) is 5.69 Å². The Kier molecular flexibility index (Phi) is 4.60. The van der Waals surface area contributed by atoms with E-state index in [1.54, 1.807) is 6.92 Å². The van der Waals surface area contributed by atoms with Gasteiger partial charge in [0.15, 0.2) is 0 Å². The van der Waals surface area contributed by atoms with Crippen LogP contribution in [0.5, 0.6) is 0 Å². The van der Waals surface area contributed by atoms with Crippen LogP contribution in [0.25, 0.3) is 5.69 Å². The van der Waals surface area contributed by atoms with Crippen molar-refractivity contribution in [1.82, 2.24) is 19.7 Å². The summed E-state index contributed by atoms with van der Waals surface area (Å²) in [7, 11) is 0. The maximum atomic E-state index is 12.2. The second-order valence-corrected chi connectivity index (χ2v) is 5.42. The summed E-state index contributed by atoms with van der Waals surface area (Å²) in [6.07, 6.45) is 5.15. The molecular formula is C17H17N5O3. The minimum atomic E-state index is -0.597. The highest BCUT2D eigenvalue weighted by Gasteiger charge is 2.25. The topological polar surface area (TPSA) is 95.0 Å². The number of amides is 1. The van der Waals surface area contributed by atoms with Crippen LogP contribution in [0.15, 0.2) is 55.0 Å². The van der Waals surface area contributed by atoms with Crippen LogP contribution < -0.4 is 5.32 Å². The molecule has 0 spiro atoms. The van der Waals surface area contributed by atoms with Gasteiger partial charge in [-0.25, -0.2) is 0 Å². The van der Waals surface area contributed by atoms with Crippen molar-refractivity contribution >= 4 is 11.6 Å². The van der Waals surface area contributed by atoms with E-state index in [1.165, 1.54) is 10.9 Å². The Labute approximate surface area is 143 Å². The first kappa shape index (κ1) is 16.4. The van der Waals surface area contributed by atoms with Gasteiger partial charge in [-0.15, -0.1) is 0 Å². The van der Waals surface area contributed by atoms with E-state index >= 15 is 0 Å². The standard InChI is InChI=1S/C17H17N5O3/c1-2-21-12-15(22(24)25)16(19-21)17(23)18-11-13-5-7-14(8-6-13)20-9-3-4-10-20/h3-10,12H,2,11H2,1H3,(H,18,23). The summed E-state index contributed by atoms with van der Waals surface area (Å²) >= 11 is 0. The van der Waals surface area contributed by atoms with Crippen LogP contribution in [0.2, 0.25) is 0 Å². The number of hydrogen-bond acceptors (Lipinski definition) is 4. The highest BCUT2D eigenvalue weighted by Crippen LogP contribution is 2.17. The van der Waals surface area contributed by atoms with Gasteiger partial charge in [0.2, 0.25) is 5.69 Å². The molecule has 3 aromatic rings. The maximum Gasteiger partial charge on any atom is 0.320 e. The zero-order chi connectivity index (χ0) is 17.8. The van der Waals surface area contributed by atoms with E-state index in [4.69, 9.17) is 0 Å². The highest BCUT2D eigenvalue weighted by atomic mass is 16.6. The minimum Gasteiger partial charge on any atom is -0.346 e. The molecule has 0 aliphatic carbocycles. The van der Waals surface area contributed by atoms with Crippen molar-refractivity contribution in [3.63, 3.8) is 0 Å². The number of carbonyl (C=O) groups is 1. The first-order valence-electron chi connectivity index (χ1n) is 7.81. The van der Waals surface area contributed by atoms with Crippen LogP contribution in [-0.2, 0) is 13.1 Å². The van der Waals surface area contributed by atoms with Gasteiger partial charge in [-0.3, -0.25) is 19.6 Å². The van der Waals surface area contributed by atoms with Gasteiger partial charge in [0, 0.05) is 31.2 Å². The number of nitrogens with one attached hydrogen (secondary N) is 1. The molecule has 8 nitrogen and oxygen atoms in total. The van der Waals surface area contributed by atoms with E-state index in [0.717, 1.165) is 11.3 Å². The number of aryl methyl sites for hydroxylation is 1. The van der Waals surface area contributed by atoms with Gasteiger partial charge in [-0.1, -0.05) is 12.1 Å². The summed E-state index contributed by atoms with van der Waals surface area (Å²) < 4.78 is 3.35. The average Bonchev–Trinajstić information content (AvgIpc) is 3.29. The van der Waals surface area contributed by atoms with Crippen LogP contribution in [0.3, 0.4) is 0 Å². The molecule has 1 aromatic carbocycles. The van der Waals surface area contributed by atoms with Crippen molar-refractivity contribution in [3.05, 3.63) is 76.4 Å². The Hall–Kier alpha value is -3.42. The summed E-state index contributed by atoms with van der Waals surface area (Å²) in [4.78, 5) is 22.7. The number of rotatable bonds is 6. The van der Waals surface area contributed by atoms with Crippen molar-refractivity contribution in [2.24, 2.45) is 0 Å². The molecule has 0 fully saturated rings. The number of carbonyl (C=O) groups excluding carboxylic acids is 1. The van der Waals surface area contributed by atoms with Gasteiger partial charge in [0.05, 0.1) is 4.92 Å².